The third kappa shape index (κ3) is 15.8. The van der Waals surface area contributed by atoms with Gasteiger partial charge in [0.1, 0.15) is 17.6 Å². The first-order valence-corrected chi connectivity index (χ1v) is 20.6. The van der Waals surface area contributed by atoms with Crippen LogP contribution in [0.4, 0.5) is 13.2 Å². The molecule has 2 unspecified atom stereocenters. The molecule has 3 aliphatic rings. The monoisotopic (exact) mass is 907 g/mol. The van der Waals surface area contributed by atoms with Crippen LogP contribution in [0.25, 0.3) is 0 Å². The fourth-order valence-corrected chi connectivity index (χ4v) is 7.07. The Hall–Kier alpha value is -6.82. The Morgan fingerprint density at radius 1 is 0.578 bits per heavy atom. The maximum atomic E-state index is 14.2. The summed E-state index contributed by atoms with van der Waals surface area (Å²) in [6.07, 6.45) is -2.80. The van der Waals surface area contributed by atoms with E-state index in [1.54, 1.807) is 0 Å². The van der Waals surface area contributed by atoms with Gasteiger partial charge in [-0.2, -0.15) is 13.2 Å². The van der Waals surface area contributed by atoms with Crippen molar-refractivity contribution < 1.29 is 65.9 Å². The molecule has 0 bridgehead atoms. The summed E-state index contributed by atoms with van der Waals surface area (Å²) < 4.78 is 39.6. The fraction of sp³-hybridized carbons (Fsp3) is 0.564. The van der Waals surface area contributed by atoms with Crippen LogP contribution in [0.1, 0.15) is 62.5 Å². The van der Waals surface area contributed by atoms with Gasteiger partial charge in [-0.05, 0) is 56.2 Å². The fourth-order valence-electron chi connectivity index (χ4n) is 7.07. The zero-order valence-corrected chi connectivity index (χ0v) is 34.8. The molecule has 4 rings (SSSR count). The lowest BCUT2D eigenvalue weighted by Crippen LogP contribution is -2.62. The minimum Gasteiger partial charge on any atom is -0.354 e. The average molecular weight is 908 g/mol. The van der Waals surface area contributed by atoms with Crippen LogP contribution in [-0.2, 0) is 65.3 Å². The van der Waals surface area contributed by atoms with Crippen LogP contribution in [-0.4, -0.2) is 146 Å². The van der Waals surface area contributed by atoms with E-state index in [2.05, 4.69) is 53.2 Å². The molecule has 1 aliphatic carbocycles. The molecule has 1 spiro atoms. The van der Waals surface area contributed by atoms with Gasteiger partial charge < -0.3 is 58.1 Å². The Morgan fingerprint density at radius 3 is 1.56 bits per heavy atom. The van der Waals surface area contributed by atoms with E-state index in [4.69, 9.17) is 0 Å². The maximum Gasteiger partial charge on any atom is 0.416 e. The van der Waals surface area contributed by atoms with E-state index in [0.717, 1.165) is 12.1 Å². The second-order valence-corrected chi connectivity index (χ2v) is 15.3. The highest BCUT2D eigenvalue weighted by molar-refractivity contribution is 5.98. The Balaban J connectivity index is 1.47. The SMILES string of the molecule is O=C1CCNC(=O)CNC(=O)C2(CCCC2)NC(=O)C2CCCN2C(=O)C(CCc2ccc(C(F)(F)F)cc2)NC(=O)CNC(=O)CNC(=O)CNC(=O)CNC(=O)CNC(=O)CN1. The second-order valence-electron chi connectivity index (χ2n) is 15.3. The molecule has 1 aromatic rings. The first kappa shape index (κ1) is 49.8. The molecule has 2 atom stereocenters. The number of hydrogen-bond acceptors (Lipinski definition) is 11. The highest BCUT2D eigenvalue weighted by Crippen LogP contribution is 2.32. The Kier molecular flexibility index (Phi) is 18.4. The van der Waals surface area contributed by atoms with E-state index >= 15 is 0 Å². The van der Waals surface area contributed by atoms with Crippen molar-refractivity contribution in [3.05, 3.63) is 35.4 Å². The quantitative estimate of drug-likeness (QED) is 0.139. The molecule has 2 heterocycles. The van der Waals surface area contributed by atoms with E-state index in [0.29, 0.717) is 24.8 Å². The molecule has 64 heavy (non-hydrogen) atoms. The molecule has 0 radical (unpaired) electrons. The third-order valence-corrected chi connectivity index (χ3v) is 10.5. The number of carbonyl (C=O) groups excluding carboxylic acids is 11. The molecule has 350 valence electrons. The average Bonchev–Trinajstić information content (AvgIpc) is 3.96. The van der Waals surface area contributed by atoms with Crippen molar-refractivity contribution in [3.8, 4) is 0 Å². The van der Waals surface area contributed by atoms with Gasteiger partial charge in [0.05, 0.1) is 51.4 Å². The molecule has 1 saturated carbocycles. The number of hydrogen-bond donors (Lipinski definition) is 10. The number of fused-ring (bicyclic) bond motifs is 1. The summed E-state index contributed by atoms with van der Waals surface area (Å²) in [6.45, 7) is -4.14. The lowest BCUT2D eigenvalue weighted by atomic mass is 9.95. The van der Waals surface area contributed by atoms with Gasteiger partial charge in [0.15, 0.2) is 0 Å². The van der Waals surface area contributed by atoms with Crippen LogP contribution in [0.2, 0.25) is 0 Å². The van der Waals surface area contributed by atoms with Crippen LogP contribution in [0.5, 0.6) is 0 Å². The number of benzene rings is 1. The van der Waals surface area contributed by atoms with Gasteiger partial charge in [0.25, 0.3) is 0 Å². The smallest absolute Gasteiger partial charge is 0.354 e. The van der Waals surface area contributed by atoms with Gasteiger partial charge in [-0.3, -0.25) is 52.7 Å². The van der Waals surface area contributed by atoms with Gasteiger partial charge in [0.2, 0.25) is 65.0 Å². The first-order valence-electron chi connectivity index (χ1n) is 20.6. The molecule has 22 nitrogen and oxygen atoms in total. The molecule has 10 N–H and O–H groups in total. The molecule has 1 aromatic carbocycles. The zero-order valence-electron chi connectivity index (χ0n) is 34.8. The van der Waals surface area contributed by atoms with E-state index in [-0.39, 0.29) is 51.6 Å². The third-order valence-electron chi connectivity index (χ3n) is 10.5. The number of nitrogens with one attached hydrogen (secondary N) is 10. The minimum atomic E-state index is -4.58. The van der Waals surface area contributed by atoms with Gasteiger partial charge in [-0.1, -0.05) is 25.0 Å². The summed E-state index contributed by atoms with van der Waals surface area (Å²) in [4.78, 5) is 142. The molecular formula is C39H52F3N11O11. The standard InChI is InChI=1S/C39H52F3N11O11/c40-39(41,42)24-8-5-23(6-9-24)7-10-25-36(63)53-15-3-4-26(53)35(62)52-38(12-1-2-13-38)37(64)50-21-28(55)43-14-11-27(54)44-16-29(56)45-17-30(57)46-18-31(58)47-19-32(59)48-20-33(60)49-22-34(61)51-25/h5-6,8-9,25-26H,1-4,7,10-22H2,(H,43,55)(H,44,54)(H,45,56)(H,46,57)(H,47,58)(H,48,59)(H,49,60)(H,50,64)(H,51,61)(H,52,62). The van der Waals surface area contributed by atoms with E-state index < -0.39 is 140 Å². The van der Waals surface area contributed by atoms with Gasteiger partial charge in [-0.15, -0.1) is 0 Å². The lowest BCUT2D eigenvalue weighted by Gasteiger charge is -2.33. The van der Waals surface area contributed by atoms with Crippen molar-refractivity contribution in [1.82, 2.24) is 58.1 Å². The van der Waals surface area contributed by atoms with Crippen LogP contribution in [0.15, 0.2) is 24.3 Å². The van der Waals surface area contributed by atoms with Gasteiger partial charge >= 0.3 is 6.18 Å². The van der Waals surface area contributed by atoms with Crippen molar-refractivity contribution in [1.29, 1.82) is 0 Å². The van der Waals surface area contributed by atoms with Crippen molar-refractivity contribution in [2.45, 2.75) is 81.6 Å². The Morgan fingerprint density at radius 2 is 1.05 bits per heavy atom. The van der Waals surface area contributed by atoms with Crippen molar-refractivity contribution in [2.24, 2.45) is 0 Å². The van der Waals surface area contributed by atoms with Crippen molar-refractivity contribution >= 4 is 65.0 Å². The van der Waals surface area contributed by atoms with Gasteiger partial charge in [-0.25, -0.2) is 0 Å². The predicted molar refractivity (Wildman–Crippen MR) is 214 cm³/mol. The van der Waals surface area contributed by atoms with Crippen LogP contribution < -0.4 is 53.2 Å². The maximum absolute atomic E-state index is 14.2. The summed E-state index contributed by atoms with van der Waals surface area (Å²) in [5.74, 6) is -8.10. The number of halogens is 3. The number of amides is 11. The zero-order chi connectivity index (χ0) is 46.9. The molecule has 11 amide bonds. The second kappa shape index (κ2) is 23.6. The predicted octanol–water partition coefficient (Wildman–Crippen LogP) is -4.12. The number of alkyl halides is 3. The highest BCUT2D eigenvalue weighted by atomic mass is 19.4. The largest absolute Gasteiger partial charge is 0.416 e. The summed E-state index contributed by atoms with van der Waals surface area (Å²) in [7, 11) is 0. The van der Waals surface area contributed by atoms with Gasteiger partial charge in [0, 0.05) is 19.5 Å². The molecule has 0 aromatic heterocycles. The van der Waals surface area contributed by atoms with E-state index in [9.17, 15) is 65.9 Å². The first-order chi connectivity index (χ1) is 30.3. The number of aryl methyl sites for hydroxylation is 1. The van der Waals surface area contributed by atoms with Crippen LogP contribution >= 0.6 is 0 Å². The Labute approximate surface area is 364 Å². The molecule has 2 saturated heterocycles. The number of rotatable bonds is 3. The van der Waals surface area contributed by atoms with Crippen LogP contribution in [0, 0.1) is 0 Å². The number of carbonyl (C=O) groups is 11. The molecule has 2 aliphatic heterocycles. The summed E-state index contributed by atoms with van der Waals surface area (Å²) >= 11 is 0. The number of nitrogens with zero attached hydrogens (tertiary/aromatic N) is 1. The molecule has 3 fully saturated rings. The summed E-state index contributed by atoms with van der Waals surface area (Å²) in [5.41, 5.74) is -1.90. The van der Waals surface area contributed by atoms with E-state index in [1.165, 1.54) is 17.0 Å². The van der Waals surface area contributed by atoms with Crippen molar-refractivity contribution in [2.75, 3.05) is 58.9 Å². The minimum absolute atomic E-state index is 0.0170. The van der Waals surface area contributed by atoms with E-state index in [1.807, 2.05) is 0 Å². The van der Waals surface area contributed by atoms with Crippen molar-refractivity contribution in [3.63, 3.8) is 0 Å². The Bertz CT molecular complexity index is 1940. The lowest BCUT2D eigenvalue weighted by molar-refractivity contribution is -0.143. The molecular weight excluding hydrogens is 855 g/mol. The molecule has 25 heteroatoms. The topological polar surface area (TPSA) is 311 Å². The highest BCUT2D eigenvalue weighted by Gasteiger charge is 2.46. The normalized spacial score (nSPS) is 22.8. The summed E-state index contributed by atoms with van der Waals surface area (Å²) in [5, 5.41) is 23.8. The van der Waals surface area contributed by atoms with Crippen LogP contribution in [0.3, 0.4) is 0 Å². The summed E-state index contributed by atoms with van der Waals surface area (Å²) in [6, 6.07) is 1.80.